The van der Waals surface area contributed by atoms with Crippen LogP contribution in [0.5, 0.6) is 5.75 Å². The van der Waals surface area contributed by atoms with Crippen molar-refractivity contribution in [2.75, 3.05) is 19.7 Å². The van der Waals surface area contributed by atoms with Gasteiger partial charge in [0.25, 0.3) is 5.56 Å². The van der Waals surface area contributed by atoms with Crippen LogP contribution in [-0.2, 0) is 7.05 Å². The Hall–Kier alpha value is -2.79. The number of fused-ring (bicyclic) bond motifs is 1. The second-order valence-electron chi connectivity index (χ2n) is 7.87. The van der Waals surface area contributed by atoms with Gasteiger partial charge in [-0.05, 0) is 61.1 Å². The van der Waals surface area contributed by atoms with Gasteiger partial charge in [0.2, 0.25) is 0 Å². The van der Waals surface area contributed by atoms with Crippen LogP contribution in [0.2, 0.25) is 0 Å². The number of H-pyrrole nitrogens is 1. The molecule has 5 rings (SSSR count). The van der Waals surface area contributed by atoms with E-state index in [4.69, 9.17) is 4.74 Å². The van der Waals surface area contributed by atoms with Gasteiger partial charge in [0.05, 0.1) is 6.61 Å². The molecule has 5 heteroatoms. The van der Waals surface area contributed by atoms with E-state index in [0.29, 0.717) is 11.4 Å². The molecule has 1 aliphatic carbocycles. The highest BCUT2D eigenvalue weighted by atomic mass is 16.5. The Kier molecular flexibility index (Phi) is 4.32. The van der Waals surface area contributed by atoms with E-state index in [9.17, 15) is 4.79 Å². The number of nitrogens with one attached hydrogen (secondary N) is 2. The van der Waals surface area contributed by atoms with Gasteiger partial charge < -0.3 is 19.6 Å². The van der Waals surface area contributed by atoms with Crippen molar-refractivity contribution in [3.63, 3.8) is 0 Å². The molecule has 1 saturated carbocycles. The monoisotopic (exact) mass is 375 g/mol. The summed E-state index contributed by atoms with van der Waals surface area (Å²) in [6.45, 7) is 2.68. The minimum absolute atomic E-state index is 0.0126. The third-order valence-electron chi connectivity index (χ3n) is 5.77. The van der Waals surface area contributed by atoms with Crippen LogP contribution in [0.1, 0.15) is 24.8 Å². The summed E-state index contributed by atoms with van der Waals surface area (Å²) in [7, 11) is 1.80. The predicted molar refractivity (Wildman–Crippen MR) is 113 cm³/mol. The first kappa shape index (κ1) is 17.3. The predicted octanol–water partition coefficient (Wildman–Crippen LogP) is 3.70. The molecule has 0 saturated heterocycles. The average Bonchev–Trinajstić information content (AvgIpc) is 3.43. The number of benzene rings is 1. The number of pyridine rings is 1. The fraction of sp³-hybridized carbons (Fsp3) is 0.348. The van der Waals surface area contributed by atoms with Crippen LogP contribution in [0.15, 0.2) is 47.5 Å². The molecule has 0 spiro atoms. The Balaban J connectivity index is 1.67. The van der Waals surface area contributed by atoms with Crippen LogP contribution in [0.25, 0.3) is 27.6 Å². The minimum Gasteiger partial charge on any atom is -0.493 e. The van der Waals surface area contributed by atoms with E-state index in [2.05, 4.69) is 34.6 Å². The number of hydrogen-bond donors (Lipinski definition) is 2. The SMILES string of the molecule is Cn1cc(-c2cc(C3=CCNCC3)ccc2OCC2CC2)c2cc[nH]c2c1=O. The number of nitrogens with zero attached hydrogens (tertiary/aromatic N) is 1. The zero-order valence-electron chi connectivity index (χ0n) is 16.1. The van der Waals surface area contributed by atoms with Gasteiger partial charge in [0.15, 0.2) is 0 Å². The molecule has 3 aromatic rings. The van der Waals surface area contributed by atoms with Crippen LogP contribution in [-0.4, -0.2) is 29.2 Å². The van der Waals surface area contributed by atoms with Crippen molar-refractivity contribution < 1.29 is 4.74 Å². The smallest absolute Gasteiger partial charge is 0.274 e. The highest BCUT2D eigenvalue weighted by Crippen LogP contribution is 2.38. The lowest BCUT2D eigenvalue weighted by atomic mass is 9.94. The first-order chi connectivity index (χ1) is 13.7. The summed E-state index contributed by atoms with van der Waals surface area (Å²) in [6.07, 6.45) is 9.57. The van der Waals surface area contributed by atoms with Gasteiger partial charge in [-0.2, -0.15) is 0 Å². The Morgan fingerprint density at radius 3 is 2.89 bits per heavy atom. The number of hydrogen-bond acceptors (Lipinski definition) is 3. The van der Waals surface area contributed by atoms with Crippen LogP contribution in [0, 0.1) is 5.92 Å². The van der Waals surface area contributed by atoms with Crippen molar-refractivity contribution >= 4 is 16.5 Å². The molecule has 28 heavy (non-hydrogen) atoms. The first-order valence-corrected chi connectivity index (χ1v) is 10.0. The van der Waals surface area contributed by atoms with Gasteiger partial charge in [-0.25, -0.2) is 0 Å². The topological polar surface area (TPSA) is 59.1 Å². The fourth-order valence-corrected chi connectivity index (χ4v) is 3.93. The lowest BCUT2D eigenvalue weighted by molar-refractivity contribution is 0.301. The first-order valence-electron chi connectivity index (χ1n) is 10.0. The van der Waals surface area contributed by atoms with Crippen molar-refractivity contribution in [2.45, 2.75) is 19.3 Å². The Bertz CT molecular complexity index is 1120. The van der Waals surface area contributed by atoms with Gasteiger partial charge >= 0.3 is 0 Å². The molecule has 2 aliphatic rings. The van der Waals surface area contributed by atoms with Gasteiger partial charge in [0, 0.05) is 42.5 Å². The van der Waals surface area contributed by atoms with Crippen LogP contribution in [0.4, 0.5) is 0 Å². The lowest BCUT2D eigenvalue weighted by Crippen LogP contribution is -2.20. The molecule has 3 heterocycles. The van der Waals surface area contributed by atoms with E-state index in [1.807, 2.05) is 18.5 Å². The number of aryl methyl sites for hydroxylation is 1. The molecule has 0 radical (unpaired) electrons. The van der Waals surface area contributed by atoms with E-state index >= 15 is 0 Å². The quantitative estimate of drug-likeness (QED) is 0.715. The molecule has 0 amide bonds. The van der Waals surface area contributed by atoms with Crippen LogP contribution >= 0.6 is 0 Å². The van der Waals surface area contributed by atoms with Crippen molar-refractivity contribution in [1.29, 1.82) is 0 Å². The summed E-state index contributed by atoms with van der Waals surface area (Å²) >= 11 is 0. The molecule has 1 aromatic carbocycles. The second kappa shape index (κ2) is 6.99. The summed E-state index contributed by atoms with van der Waals surface area (Å²) in [6, 6.07) is 8.47. The van der Waals surface area contributed by atoms with Gasteiger partial charge in [-0.15, -0.1) is 0 Å². The third kappa shape index (κ3) is 3.16. The summed E-state index contributed by atoms with van der Waals surface area (Å²) in [4.78, 5) is 15.6. The largest absolute Gasteiger partial charge is 0.493 e. The Morgan fingerprint density at radius 2 is 2.11 bits per heavy atom. The maximum absolute atomic E-state index is 12.5. The Labute approximate surface area is 164 Å². The summed E-state index contributed by atoms with van der Waals surface area (Å²) in [5.41, 5.74) is 5.30. The molecule has 0 unspecified atom stereocenters. The van der Waals surface area contributed by atoms with E-state index in [0.717, 1.165) is 48.4 Å². The van der Waals surface area contributed by atoms with Gasteiger partial charge in [-0.1, -0.05) is 12.1 Å². The third-order valence-corrected chi connectivity index (χ3v) is 5.77. The van der Waals surface area contributed by atoms with Crippen molar-refractivity contribution in [3.05, 3.63) is 58.7 Å². The van der Waals surface area contributed by atoms with Gasteiger partial charge in [0.1, 0.15) is 11.3 Å². The molecule has 2 N–H and O–H groups in total. The fourth-order valence-electron chi connectivity index (χ4n) is 3.93. The van der Waals surface area contributed by atoms with Crippen molar-refractivity contribution in [3.8, 4) is 16.9 Å². The molecule has 5 nitrogen and oxygen atoms in total. The maximum atomic E-state index is 12.5. The molecule has 0 bridgehead atoms. The number of rotatable bonds is 5. The van der Waals surface area contributed by atoms with Crippen LogP contribution in [0.3, 0.4) is 0 Å². The molecule has 0 atom stereocenters. The lowest BCUT2D eigenvalue weighted by Gasteiger charge is -2.18. The number of aromatic amines is 1. The van der Waals surface area contributed by atoms with Crippen LogP contribution < -0.4 is 15.6 Å². The zero-order chi connectivity index (χ0) is 19.1. The molecule has 1 aliphatic heterocycles. The summed E-state index contributed by atoms with van der Waals surface area (Å²) in [5, 5.41) is 4.31. The summed E-state index contributed by atoms with van der Waals surface area (Å²) < 4.78 is 7.87. The number of aromatic nitrogens is 2. The van der Waals surface area contributed by atoms with Crippen molar-refractivity contribution in [1.82, 2.24) is 14.9 Å². The maximum Gasteiger partial charge on any atom is 0.274 e. The normalized spacial score (nSPS) is 17.0. The molecular weight excluding hydrogens is 350 g/mol. The molecule has 1 fully saturated rings. The molecule has 2 aromatic heterocycles. The van der Waals surface area contributed by atoms with Crippen molar-refractivity contribution in [2.24, 2.45) is 13.0 Å². The average molecular weight is 375 g/mol. The highest BCUT2D eigenvalue weighted by molar-refractivity contribution is 5.96. The second-order valence-corrected chi connectivity index (χ2v) is 7.87. The minimum atomic E-state index is -0.0126. The highest BCUT2D eigenvalue weighted by Gasteiger charge is 2.23. The summed E-state index contributed by atoms with van der Waals surface area (Å²) in [5.74, 6) is 1.58. The Morgan fingerprint density at radius 1 is 1.21 bits per heavy atom. The number of ether oxygens (including phenoxy) is 1. The van der Waals surface area contributed by atoms with E-state index < -0.39 is 0 Å². The molecular formula is C23H25N3O2. The van der Waals surface area contributed by atoms with E-state index in [1.54, 1.807) is 11.6 Å². The zero-order valence-corrected chi connectivity index (χ0v) is 16.1. The standard InChI is InChI=1S/C23H25N3O2/c1-26-13-20(18-8-11-25-22(18)23(26)27)19-12-17(16-6-9-24-10-7-16)4-5-21(19)28-14-15-2-3-15/h4-6,8,11-13,15,24-25H,2-3,7,9-10,14H2,1H3. The molecule has 144 valence electrons. The van der Waals surface area contributed by atoms with E-state index in [-0.39, 0.29) is 5.56 Å². The van der Waals surface area contributed by atoms with E-state index in [1.165, 1.54) is 24.0 Å². The van der Waals surface area contributed by atoms with Gasteiger partial charge in [-0.3, -0.25) is 4.79 Å².